The predicted octanol–water partition coefficient (Wildman–Crippen LogP) is 4.62. The summed E-state index contributed by atoms with van der Waals surface area (Å²) in [6.45, 7) is 1.30. The molecule has 1 N–H and O–H groups in total. The van der Waals surface area contributed by atoms with Gasteiger partial charge in [0.25, 0.3) is 5.91 Å². The van der Waals surface area contributed by atoms with Gasteiger partial charge in [-0.05, 0) is 37.1 Å². The number of aromatic nitrogens is 2. The molecule has 2 aromatic carbocycles. The Kier molecular flexibility index (Phi) is 5.14. The Morgan fingerprint density at radius 1 is 1.18 bits per heavy atom. The van der Waals surface area contributed by atoms with Crippen molar-refractivity contribution in [3.63, 3.8) is 0 Å². The van der Waals surface area contributed by atoms with E-state index in [-0.39, 0.29) is 11.8 Å². The van der Waals surface area contributed by atoms with Gasteiger partial charge in [0.2, 0.25) is 0 Å². The summed E-state index contributed by atoms with van der Waals surface area (Å²) in [5.74, 6) is 1.15. The van der Waals surface area contributed by atoms with Gasteiger partial charge in [0, 0.05) is 29.6 Å². The molecule has 0 spiro atoms. The number of amides is 1. The summed E-state index contributed by atoms with van der Waals surface area (Å²) in [7, 11) is 0. The predicted molar refractivity (Wildman–Crippen MR) is 108 cm³/mol. The fourth-order valence-electron chi connectivity index (χ4n) is 3.64. The van der Waals surface area contributed by atoms with Gasteiger partial charge < -0.3 is 9.88 Å². The van der Waals surface area contributed by atoms with Crippen LogP contribution in [0.2, 0.25) is 5.02 Å². The Bertz CT molecular complexity index is 1040. The average Bonchev–Trinajstić information content (AvgIpc) is 3.24. The van der Waals surface area contributed by atoms with E-state index in [1.807, 2.05) is 35.4 Å². The van der Waals surface area contributed by atoms with Crippen molar-refractivity contribution in [2.75, 3.05) is 13.1 Å². The van der Waals surface area contributed by atoms with Crippen LogP contribution in [0.5, 0.6) is 0 Å². The second kappa shape index (κ2) is 7.87. The number of hydrogen-bond donors (Lipinski definition) is 1. The van der Waals surface area contributed by atoms with Crippen LogP contribution in [-0.2, 0) is 0 Å². The van der Waals surface area contributed by atoms with Crippen LogP contribution in [0.15, 0.2) is 54.7 Å². The Morgan fingerprint density at radius 3 is 2.71 bits per heavy atom. The number of imidazole rings is 1. The van der Waals surface area contributed by atoms with E-state index >= 15 is 0 Å². The Hall–Kier alpha value is -3.10. The topological polar surface area (TPSA) is 72.8 Å². The molecule has 0 radical (unpaired) electrons. The highest BCUT2D eigenvalue weighted by Gasteiger charge is 2.27. The van der Waals surface area contributed by atoms with Gasteiger partial charge in [0.1, 0.15) is 5.82 Å². The van der Waals surface area contributed by atoms with Crippen LogP contribution in [0.25, 0.3) is 11.3 Å². The molecule has 6 heteroatoms. The average molecular weight is 391 g/mol. The molecular weight excluding hydrogens is 372 g/mol. The molecule has 1 aliphatic rings. The Morgan fingerprint density at radius 2 is 1.96 bits per heavy atom. The van der Waals surface area contributed by atoms with E-state index in [2.05, 4.69) is 16.0 Å². The first-order chi connectivity index (χ1) is 13.7. The molecule has 1 aliphatic heterocycles. The van der Waals surface area contributed by atoms with Crippen molar-refractivity contribution in [1.82, 2.24) is 14.9 Å². The minimum Gasteiger partial charge on any atom is -0.342 e. The van der Waals surface area contributed by atoms with Gasteiger partial charge >= 0.3 is 0 Å². The number of hydrogen-bond acceptors (Lipinski definition) is 3. The van der Waals surface area contributed by atoms with E-state index in [1.54, 1.807) is 24.3 Å². The van der Waals surface area contributed by atoms with E-state index in [1.165, 1.54) is 0 Å². The Labute approximate surface area is 168 Å². The van der Waals surface area contributed by atoms with Crippen LogP contribution >= 0.6 is 11.6 Å². The summed E-state index contributed by atoms with van der Waals surface area (Å²) in [4.78, 5) is 22.6. The summed E-state index contributed by atoms with van der Waals surface area (Å²) in [6.07, 6.45) is 3.51. The summed E-state index contributed by atoms with van der Waals surface area (Å²) >= 11 is 6.08. The number of H-pyrrole nitrogens is 1. The molecule has 4 rings (SSSR count). The number of halogens is 1. The molecule has 1 aromatic heterocycles. The van der Waals surface area contributed by atoms with Crippen molar-refractivity contribution in [3.05, 3.63) is 76.7 Å². The molecule has 0 atom stereocenters. The lowest BCUT2D eigenvalue weighted by Gasteiger charge is -2.31. The van der Waals surface area contributed by atoms with Crippen molar-refractivity contribution in [3.8, 4) is 17.3 Å². The number of benzene rings is 2. The molecule has 0 bridgehead atoms. The molecule has 0 unspecified atom stereocenters. The van der Waals surface area contributed by atoms with Crippen molar-refractivity contribution in [2.24, 2.45) is 0 Å². The minimum absolute atomic E-state index is 0.0744. The quantitative estimate of drug-likeness (QED) is 0.709. The van der Waals surface area contributed by atoms with Crippen LogP contribution in [0.3, 0.4) is 0 Å². The molecule has 1 fully saturated rings. The molecule has 0 saturated carbocycles. The minimum atomic E-state index is -0.0744. The van der Waals surface area contributed by atoms with E-state index < -0.39 is 0 Å². The largest absolute Gasteiger partial charge is 0.342 e. The van der Waals surface area contributed by atoms with Gasteiger partial charge in [-0.2, -0.15) is 5.26 Å². The summed E-state index contributed by atoms with van der Waals surface area (Å²) in [5.41, 5.74) is 2.85. The first-order valence-electron chi connectivity index (χ1n) is 9.25. The highest BCUT2D eigenvalue weighted by atomic mass is 35.5. The highest BCUT2D eigenvalue weighted by molar-refractivity contribution is 6.30. The summed E-state index contributed by atoms with van der Waals surface area (Å²) in [5, 5.41) is 9.92. The fraction of sp³-hybridized carbons (Fsp3) is 0.227. The van der Waals surface area contributed by atoms with Crippen LogP contribution < -0.4 is 0 Å². The number of carbonyl (C=O) groups is 1. The highest BCUT2D eigenvalue weighted by Crippen LogP contribution is 2.29. The standard InChI is InChI=1S/C22H19ClN4O/c23-18-6-3-5-16(12-18)20-14-25-21(26-20)15-8-10-27(11-9-15)22(28)19-7-2-1-4-17(19)13-24/h1-7,12,14-15H,8-11H2,(H,25,26). The lowest BCUT2D eigenvalue weighted by atomic mass is 9.95. The van der Waals surface area contributed by atoms with E-state index in [4.69, 9.17) is 11.6 Å². The van der Waals surface area contributed by atoms with Crippen molar-refractivity contribution < 1.29 is 4.79 Å². The number of nitrogens with zero attached hydrogens (tertiary/aromatic N) is 3. The SMILES string of the molecule is N#Cc1ccccc1C(=O)N1CCC(c2ncc(-c3cccc(Cl)c3)[nH]2)CC1. The lowest BCUT2D eigenvalue weighted by molar-refractivity contribution is 0.0711. The van der Waals surface area contributed by atoms with Gasteiger partial charge in [-0.3, -0.25) is 4.79 Å². The maximum absolute atomic E-state index is 12.8. The molecule has 1 saturated heterocycles. The third-order valence-electron chi connectivity index (χ3n) is 5.18. The van der Waals surface area contributed by atoms with E-state index in [0.717, 1.165) is 29.9 Å². The van der Waals surface area contributed by atoms with Crippen LogP contribution in [-0.4, -0.2) is 33.9 Å². The maximum Gasteiger partial charge on any atom is 0.255 e. The van der Waals surface area contributed by atoms with Gasteiger partial charge in [-0.25, -0.2) is 4.98 Å². The van der Waals surface area contributed by atoms with E-state index in [0.29, 0.717) is 29.2 Å². The maximum atomic E-state index is 12.8. The molecular formula is C22H19ClN4O. The second-order valence-corrected chi connectivity index (χ2v) is 7.35. The zero-order valence-electron chi connectivity index (χ0n) is 15.2. The fourth-order valence-corrected chi connectivity index (χ4v) is 3.83. The molecule has 3 aromatic rings. The third-order valence-corrected chi connectivity index (χ3v) is 5.41. The van der Waals surface area contributed by atoms with E-state index in [9.17, 15) is 10.1 Å². The summed E-state index contributed by atoms with van der Waals surface area (Å²) < 4.78 is 0. The summed E-state index contributed by atoms with van der Waals surface area (Å²) in [6, 6.07) is 16.7. The lowest BCUT2D eigenvalue weighted by Crippen LogP contribution is -2.38. The number of aromatic amines is 1. The monoisotopic (exact) mass is 390 g/mol. The zero-order chi connectivity index (χ0) is 19.5. The van der Waals surface area contributed by atoms with Crippen LogP contribution in [0.1, 0.15) is 40.5 Å². The molecule has 5 nitrogen and oxygen atoms in total. The number of carbonyl (C=O) groups excluding carboxylic acids is 1. The van der Waals surface area contributed by atoms with Crippen molar-refractivity contribution >= 4 is 17.5 Å². The first-order valence-corrected chi connectivity index (χ1v) is 9.63. The normalized spacial score (nSPS) is 14.6. The number of nitriles is 1. The van der Waals surface area contributed by atoms with Gasteiger partial charge in [0.15, 0.2) is 0 Å². The number of rotatable bonds is 3. The molecule has 0 aliphatic carbocycles. The number of likely N-dealkylation sites (tertiary alicyclic amines) is 1. The van der Waals surface area contributed by atoms with Crippen LogP contribution in [0, 0.1) is 11.3 Å². The van der Waals surface area contributed by atoms with Crippen molar-refractivity contribution in [2.45, 2.75) is 18.8 Å². The first kappa shape index (κ1) is 18.3. The molecule has 140 valence electrons. The molecule has 1 amide bonds. The van der Waals surface area contributed by atoms with Crippen molar-refractivity contribution in [1.29, 1.82) is 5.26 Å². The number of piperidine rings is 1. The Balaban J connectivity index is 1.43. The number of nitrogens with one attached hydrogen (secondary N) is 1. The third kappa shape index (κ3) is 3.64. The van der Waals surface area contributed by atoms with Gasteiger partial charge in [0.05, 0.1) is 29.1 Å². The smallest absolute Gasteiger partial charge is 0.255 e. The van der Waals surface area contributed by atoms with Gasteiger partial charge in [-0.1, -0.05) is 35.9 Å². The molecule has 28 heavy (non-hydrogen) atoms. The second-order valence-electron chi connectivity index (χ2n) is 6.92. The van der Waals surface area contributed by atoms with Crippen LogP contribution in [0.4, 0.5) is 0 Å². The zero-order valence-corrected chi connectivity index (χ0v) is 16.0. The van der Waals surface area contributed by atoms with Gasteiger partial charge in [-0.15, -0.1) is 0 Å². The molecule has 2 heterocycles.